The molecule has 0 unspecified atom stereocenters. The van der Waals surface area contributed by atoms with E-state index < -0.39 is 21.0 Å². The van der Waals surface area contributed by atoms with Crippen molar-refractivity contribution < 1.29 is 17.9 Å². The van der Waals surface area contributed by atoms with E-state index in [2.05, 4.69) is 0 Å². The average Bonchev–Trinajstić information content (AvgIpc) is 1.21. The van der Waals surface area contributed by atoms with E-state index in [0.29, 0.717) is 0 Å². The van der Waals surface area contributed by atoms with Crippen molar-refractivity contribution in [2.45, 2.75) is 25.3 Å². The average molecular weight is 162 g/mol. The first-order chi connectivity index (χ1) is 3.42. The Morgan fingerprint density at radius 2 is 1.56 bits per heavy atom. The Balaban J connectivity index is 0. The van der Waals surface area contributed by atoms with Crippen LogP contribution in [0.4, 0.5) is 17.9 Å². The molecule has 0 aromatic heterocycles. The summed E-state index contributed by atoms with van der Waals surface area (Å²) >= 11 is 0. The zero-order valence-corrected chi connectivity index (χ0v) is 6.48. The van der Waals surface area contributed by atoms with Crippen LogP contribution in [0.25, 0.3) is 0 Å². The second-order valence-corrected chi connectivity index (χ2v) is 5.41. The lowest BCUT2D eigenvalue weighted by Gasteiger charge is -2.06. The minimum absolute atomic E-state index is 0. The van der Waals surface area contributed by atoms with Gasteiger partial charge in [0.25, 0.3) is 0 Å². The SMILES string of the molecule is C[SiH](C)CC(F)(F)F.F. The van der Waals surface area contributed by atoms with Gasteiger partial charge < -0.3 is 0 Å². The maximum atomic E-state index is 11.3. The molecule has 0 aliphatic carbocycles. The fourth-order valence-corrected chi connectivity index (χ4v) is 1.39. The van der Waals surface area contributed by atoms with E-state index in [-0.39, 0.29) is 4.70 Å². The molecule has 0 aliphatic heterocycles. The molecule has 0 spiro atoms. The molecule has 0 fully saturated rings. The van der Waals surface area contributed by atoms with Crippen molar-refractivity contribution in [3.8, 4) is 0 Å². The van der Waals surface area contributed by atoms with Crippen LogP contribution in [0.5, 0.6) is 0 Å². The van der Waals surface area contributed by atoms with Crippen molar-refractivity contribution in [3.63, 3.8) is 0 Å². The summed E-state index contributed by atoms with van der Waals surface area (Å²) < 4.78 is 34.0. The third-order valence-electron chi connectivity index (χ3n) is 0.640. The molecule has 5 heteroatoms. The zero-order valence-electron chi connectivity index (χ0n) is 5.33. The van der Waals surface area contributed by atoms with Gasteiger partial charge in [-0.15, -0.1) is 0 Å². The zero-order chi connectivity index (χ0) is 6.78. The van der Waals surface area contributed by atoms with Crippen LogP contribution in [-0.2, 0) is 0 Å². The second kappa shape index (κ2) is 3.87. The standard InChI is InChI=1S/C4H9F3Si.FH/c1-8(2)3-4(5,6)7;/h8H,3H2,1-2H3;1H. The summed E-state index contributed by atoms with van der Waals surface area (Å²) in [5.74, 6) is 0. The van der Waals surface area contributed by atoms with Crippen molar-refractivity contribution in [1.29, 1.82) is 0 Å². The van der Waals surface area contributed by atoms with Gasteiger partial charge in [0, 0.05) is 14.8 Å². The van der Waals surface area contributed by atoms with E-state index in [1.807, 2.05) is 0 Å². The molecule has 0 nitrogen and oxygen atoms in total. The number of hydrogen-bond donors (Lipinski definition) is 0. The highest BCUT2D eigenvalue weighted by atomic mass is 28.3. The topological polar surface area (TPSA) is 0 Å². The second-order valence-electron chi connectivity index (χ2n) is 2.21. The minimum Gasteiger partial charge on any atom is -0.269 e. The van der Waals surface area contributed by atoms with Gasteiger partial charge in [0.15, 0.2) is 0 Å². The minimum atomic E-state index is -3.92. The number of halogens is 4. The summed E-state index contributed by atoms with van der Waals surface area (Å²) in [5, 5.41) is 0. The summed E-state index contributed by atoms with van der Waals surface area (Å²) in [7, 11) is -1.42. The third-order valence-corrected chi connectivity index (χ3v) is 1.92. The van der Waals surface area contributed by atoms with Crippen molar-refractivity contribution in [2.75, 3.05) is 0 Å². The van der Waals surface area contributed by atoms with Gasteiger partial charge in [-0.05, 0) is 0 Å². The number of rotatable bonds is 1. The van der Waals surface area contributed by atoms with Crippen molar-refractivity contribution in [2.24, 2.45) is 0 Å². The summed E-state index contributed by atoms with van der Waals surface area (Å²) in [4.78, 5) is 0. The van der Waals surface area contributed by atoms with E-state index in [9.17, 15) is 13.2 Å². The molecule has 0 heterocycles. The molecule has 0 saturated carbocycles. The Kier molecular flexibility index (Phi) is 5.03. The van der Waals surface area contributed by atoms with E-state index >= 15 is 0 Å². The fourth-order valence-electron chi connectivity index (χ4n) is 0.463. The van der Waals surface area contributed by atoms with Gasteiger partial charge in [-0.3, -0.25) is 4.70 Å². The molecule has 0 atom stereocenters. The van der Waals surface area contributed by atoms with Crippen LogP contribution in [0.3, 0.4) is 0 Å². The van der Waals surface area contributed by atoms with Crippen LogP contribution in [0, 0.1) is 0 Å². The van der Waals surface area contributed by atoms with Gasteiger partial charge >= 0.3 is 6.18 Å². The van der Waals surface area contributed by atoms with Crippen LogP contribution < -0.4 is 0 Å². The van der Waals surface area contributed by atoms with Gasteiger partial charge in [0.2, 0.25) is 0 Å². The van der Waals surface area contributed by atoms with Gasteiger partial charge in [-0.1, -0.05) is 13.1 Å². The smallest absolute Gasteiger partial charge is 0.269 e. The first-order valence-corrected chi connectivity index (χ1v) is 5.61. The van der Waals surface area contributed by atoms with Crippen LogP contribution in [0.1, 0.15) is 0 Å². The highest BCUT2D eigenvalue weighted by Crippen LogP contribution is 2.21. The van der Waals surface area contributed by atoms with Gasteiger partial charge in [-0.25, -0.2) is 0 Å². The lowest BCUT2D eigenvalue weighted by molar-refractivity contribution is -0.110. The highest BCUT2D eigenvalue weighted by molar-refractivity contribution is 6.55. The Hall–Kier alpha value is -0.0631. The van der Waals surface area contributed by atoms with Crippen molar-refractivity contribution in [3.05, 3.63) is 0 Å². The largest absolute Gasteiger partial charge is 0.386 e. The van der Waals surface area contributed by atoms with Crippen molar-refractivity contribution >= 4 is 8.80 Å². The Morgan fingerprint density at radius 3 is 1.56 bits per heavy atom. The fraction of sp³-hybridized carbons (Fsp3) is 1.00. The lowest BCUT2D eigenvalue weighted by Crippen LogP contribution is -2.15. The van der Waals surface area contributed by atoms with Gasteiger partial charge in [-0.2, -0.15) is 13.2 Å². The lowest BCUT2D eigenvalue weighted by atomic mass is 10.8. The summed E-state index contributed by atoms with van der Waals surface area (Å²) in [6.45, 7) is 3.38. The van der Waals surface area contributed by atoms with Crippen molar-refractivity contribution in [1.82, 2.24) is 0 Å². The van der Waals surface area contributed by atoms with Gasteiger partial charge in [0.05, 0.1) is 0 Å². The van der Waals surface area contributed by atoms with Crippen LogP contribution in [0.2, 0.25) is 19.1 Å². The predicted octanol–water partition coefficient (Wildman–Crippen LogP) is 2.19. The molecule has 9 heavy (non-hydrogen) atoms. The normalized spacial score (nSPS) is 11.3. The number of hydrogen-bond acceptors (Lipinski definition) is 0. The van der Waals surface area contributed by atoms with Crippen LogP contribution in [0.15, 0.2) is 0 Å². The summed E-state index contributed by atoms with van der Waals surface area (Å²) in [6.07, 6.45) is -3.92. The van der Waals surface area contributed by atoms with Crippen LogP contribution in [-0.4, -0.2) is 15.0 Å². The maximum absolute atomic E-state index is 11.3. The Labute approximate surface area is 53.0 Å². The number of alkyl halides is 3. The first-order valence-electron chi connectivity index (χ1n) is 2.48. The molecule has 0 rings (SSSR count). The van der Waals surface area contributed by atoms with E-state index in [1.54, 1.807) is 13.1 Å². The molecule has 0 amide bonds. The molecule has 58 valence electrons. The molecule has 0 aromatic rings. The maximum Gasteiger partial charge on any atom is 0.386 e. The Bertz CT molecular complexity index is 67.5. The predicted molar refractivity (Wildman–Crippen MR) is 32.2 cm³/mol. The molecular weight excluding hydrogens is 152 g/mol. The molecule has 0 N–H and O–H groups in total. The van der Waals surface area contributed by atoms with E-state index in [0.717, 1.165) is 0 Å². The van der Waals surface area contributed by atoms with E-state index in [1.165, 1.54) is 0 Å². The molecule has 0 bridgehead atoms. The molecule has 0 saturated heterocycles. The summed E-state index contributed by atoms with van der Waals surface area (Å²) in [6, 6.07) is -0.535. The van der Waals surface area contributed by atoms with Crippen LogP contribution >= 0.6 is 0 Å². The quantitative estimate of drug-likeness (QED) is 0.409. The Morgan fingerprint density at radius 1 is 1.22 bits per heavy atom. The van der Waals surface area contributed by atoms with Gasteiger partial charge in [0.1, 0.15) is 0 Å². The molecule has 0 radical (unpaired) electrons. The summed E-state index contributed by atoms with van der Waals surface area (Å²) in [5.41, 5.74) is 0. The highest BCUT2D eigenvalue weighted by Gasteiger charge is 2.28. The molecule has 0 aliphatic rings. The first kappa shape index (κ1) is 11.7. The third kappa shape index (κ3) is 11.5. The molecular formula is C4H10F4Si. The van der Waals surface area contributed by atoms with E-state index in [4.69, 9.17) is 0 Å². The monoisotopic (exact) mass is 162 g/mol. The molecule has 0 aromatic carbocycles.